The highest BCUT2D eigenvalue weighted by molar-refractivity contribution is 9.10. The minimum atomic E-state index is -0.741. The molecule has 2 heterocycles. The molecule has 0 N–H and O–H groups in total. The summed E-state index contributed by atoms with van der Waals surface area (Å²) in [6, 6.07) is 12.1. The molecular weight excluding hydrogens is 564 g/mol. The topological polar surface area (TPSA) is 69.9 Å². The molecule has 0 spiro atoms. The zero-order chi connectivity index (χ0) is 26.0. The number of halogens is 2. The average molecular weight is 590 g/mol. The Hall–Kier alpha value is -2.68. The van der Waals surface area contributed by atoms with E-state index in [2.05, 4.69) is 34.8 Å². The molecule has 188 valence electrons. The highest BCUT2D eigenvalue weighted by atomic mass is 79.9. The number of carbonyl (C=O) groups is 1. The summed E-state index contributed by atoms with van der Waals surface area (Å²) in [5, 5.41) is 0.453. The van der Waals surface area contributed by atoms with Crippen LogP contribution in [0.5, 0.6) is 5.75 Å². The first kappa shape index (κ1) is 26.4. The van der Waals surface area contributed by atoms with Crippen molar-refractivity contribution in [2.24, 2.45) is 10.9 Å². The van der Waals surface area contributed by atoms with Crippen LogP contribution in [0.25, 0.3) is 6.08 Å². The first-order valence-electron chi connectivity index (χ1n) is 11.6. The van der Waals surface area contributed by atoms with Crippen LogP contribution in [0.15, 0.2) is 68.0 Å². The number of hydrogen-bond acceptors (Lipinski definition) is 6. The Balaban J connectivity index is 1.85. The fraction of sp³-hybridized carbons (Fsp3) is 0.296. The van der Waals surface area contributed by atoms with E-state index in [9.17, 15) is 9.59 Å². The highest BCUT2D eigenvalue weighted by Crippen LogP contribution is 2.34. The summed E-state index contributed by atoms with van der Waals surface area (Å²) in [6.45, 7) is 8.49. The summed E-state index contributed by atoms with van der Waals surface area (Å²) in [4.78, 5) is 31.8. The van der Waals surface area contributed by atoms with Gasteiger partial charge in [-0.05, 0) is 71.1 Å². The van der Waals surface area contributed by atoms with Gasteiger partial charge in [0.05, 0.1) is 33.5 Å². The predicted molar refractivity (Wildman–Crippen MR) is 146 cm³/mol. The van der Waals surface area contributed by atoms with Gasteiger partial charge >= 0.3 is 5.97 Å². The van der Waals surface area contributed by atoms with Crippen molar-refractivity contribution in [3.8, 4) is 5.75 Å². The molecule has 0 saturated carbocycles. The minimum Gasteiger partial charge on any atom is -0.492 e. The van der Waals surface area contributed by atoms with E-state index in [1.165, 1.54) is 15.9 Å². The molecule has 0 bridgehead atoms. The summed E-state index contributed by atoms with van der Waals surface area (Å²) in [7, 11) is 0. The van der Waals surface area contributed by atoms with Crippen LogP contribution in [0.2, 0.25) is 5.02 Å². The van der Waals surface area contributed by atoms with Crippen molar-refractivity contribution < 1.29 is 14.3 Å². The normalized spacial score (nSPS) is 15.6. The van der Waals surface area contributed by atoms with E-state index >= 15 is 0 Å². The lowest BCUT2D eigenvalue weighted by molar-refractivity contribution is -0.139. The molecule has 0 unspecified atom stereocenters. The third kappa shape index (κ3) is 5.36. The standard InChI is InChI=1S/C27H26BrClN2O4S/c1-5-34-26(33)23-16(4)30-27-31(24(23)18-8-6-7-9-20(18)29)25(32)22(36-27)13-17-10-11-21(19(28)12-17)35-14-15(2)3/h6-13,15,24H,5,14H2,1-4H3/b22-13-/t24-/m0/s1. The van der Waals surface area contributed by atoms with E-state index in [4.69, 9.17) is 21.1 Å². The predicted octanol–water partition coefficient (Wildman–Crippen LogP) is 5.25. The quantitative estimate of drug-likeness (QED) is 0.353. The molecule has 0 fully saturated rings. The lowest BCUT2D eigenvalue weighted by Gasteiger charge is -2.25. The van der Waals surface area contributed by atoms with E-state index in [-0.39, 0.29) is 12.2 Å². The zero-order valence-corrected chi connectivity index (χ0v) is 23.5. The molecule has 9 heteroatoms. The molecule has 1 aliphatic heterocycles. The third-order valence-corrected chi connectivity index (χ3v) is 7.49. The second kappa shape index (κ2) is 11.2. The van der Waals surface area contributed by atoms with Crippen LogP contribution in [-0.4, -0.2) is 23.8 Å². The Bertz CT molecular complexity index is 1520. The van der Waals surface area contributed by atoms with Gasteiger partial charge in [-0.15, -0.1) is 0 Å². The van der Waals surface area contributed by atoms with Gasteiger partial charge < -0.3 is 9.47 Å². The maximum Gasteiger partial charge on any atom is 0.338 e. The Morgan fingerprint density at radius 1 is 1.28 bits per heavy atom. The van der Waals surface area contributed by atoms with Crippen LogP contribution in [0.1, 0.15) is 44.9 Å². The monoisotopic (exact) mass is 588 g/mol. The number of carbonyl (C=O) groups excluding carboxylic acids is 1. The lowest BCUT2D eigenvalue weighted by Crippen LogP contribution is -2.40. The van der Waals surface area contributed by atoms with Gasteiger partial charge in [-0.25, -0.2) is 9.79 Å². The van der Waals surface area contributed by atoms with Crippen LogP contribution < -0.4 is 19.6 Å². The summed E-state index contributed by atoms with van der Waals surface area (Å²) >= 11 is 11.4. The number of aromatic nitrogens is 1. The van der Waals surface area contributed by atoms with Crippen molar-refractivity contribution in [2.45, 2.75) is 33.7 Å². The molecule has 36 heavy (non-hydrogen) atoms. The van der Waals surface area contributed by atoms with Gasteiger partial charge in [-0.1, -0.05) is 61.1 Å². The van der Waals surface area contributed by atoms with Crippen LogP contribution in [0.4, 0.5) is 0 Å². The molecule has 6 nitrogen and oxygen atoms in total. The summed E-state index contributed by atoms with van der Waals surface area (Å²) in [5.41, 5.74) is 2.02. The lowest BCUT2D eigenvalue weighted by atomic mass is 9.96. The number of hydrogen-bond donors (Lipinski definition) is 0. The second-order valence-electron chi connectivity index (χ2n) is 8.72. The molecule has 2 aromatic carbocycles. The average Bonchev–Trinajstić information content (AvgIpc) is 3.12. The van der Waals surface area contributed by atoms with Crippen LogP contribution >= 0.6 is 38.9 Å². The van der Waals surface area contributed by atoms with E-state index in [0.717, 1.165) is 15.8 Å². The van der Waals surface area contributed by atoms with Crippen LogP contribution in [0, 0.1) is 5.92 Å². The maximum absolute atomic E-state index is 13.7. The van der Waals surface area contributed by atoms with Crippen LogP contribution in [0.3, 0.4) is 0 Å². The SMILES string of the molecule is CCOC(=O)C1=C(C)N=c2s/c(=C\c3ccc(OCC(C)C)c(Br)c3)c(=O)n2[C@H]1c1ccccc1Cl. The van der Waals surface area contributed by atoms with Gasteiger partial charge in [0.15, 0.2) is 4.80 Å². The van der Waals surface area contributed by atoms with E-state index in [0.29, 0.717) is 43.7 Å². The van der Waals surface area contributed by atoms with E-state index in [1.807, 2.05) is 42.5 Å². The van der Waals surface area contributed by atoms with Crippen molar-refractivity contribution in [1.82, 2.24) is 4.57 Å². The Kier molecular flexibility index (Phi) is 8.17. The molecule has 1 aromatic heterocycles. The molecule has 1 atom stereocenters. The number of rotatable bonds is 7. The molecule has 1 aliphatic rings. The smallest absolute Gasteiger partial charge is 0.338 e. The van der Waals surface area contributed by atoms with E-state index in [1.54, 1.807) is 19.9 Å². The summed E-state index contributed by atoms with van der Waals surface area (Å²) in [5.74, 6) is 0.640. The van der Waals surface area contributed by atoms with Crippen LogP contribution in [-0.2, 0) is 9.53 Å². The number of fused-ring (bicyclic) bond motifs is 1. The Labute approximate surface area is 226 Å². The molecule has 3 aromatic rings. The Morgan fingerprint density at radius 2 is 2.03 bits per heavy atom. The van der Waals surface area contributed by atoms with Crippen molar-refractivity contribution in [3.63, 3.8) is 0 Å². The molecule has 0 amide bonds. The fourth-order valence-corrected chi connectivity index (χ4v) is 5.71. The fourth-order valence-electron chi connectivity index (χ4n) is 3.91. The van der Waals surface area contributed by atoms with Gasteiger partial charge in [0, 0.05) is 5.02 Å². The Morgan fingerprint density at radius 3 is 2.69 bits per heavy atom. The highest BCUT2D eigenvalue weighted by Gasteiger charge is 2.34. The third-order valence-electron chi connectivity index (χ3n) is 5.54. The largest absolute Gasteiger partial charge is 0.492 e. The first-order chi connectivity index (χ1) is 17.2. The number of nitrogens with zero attached hydrogens (tertiary/aromatic N) is 2. The van der Waals surface area contributed by atoms with Gasteiger partial charge in [-0.3, -0.25) is 9.36 Å². The van der Waals surface area contributed by atoms with Gasteiger partial charge in [0.2, 0.25) is 0 Å². The van der Waals surface area contributed by atoms with Crippen molar-refractivity contribution in [3.05, 3.63) is 94.0 Å². The van der Waals surface area contributed by atoms with Gasteiger partial charge in [0.25, 0.3) is 5.56 Å². The van der Waals surface area contributed by atoms with Crippen molar-refractivity contribution >= 4 is 50.9 Å². The molecule has 0 saturated heterocycles. The maximum atomic E-state index is 13.7. The van der Waals surface area contributed by atoms with Crippen molar-refractivity contribution in [2.75, 3.05) is 13.2 Å². The van der Waals surface area contributed by atoms with E-state index < -0.39 is 12.0 Å². The van der Waals surface area contributed by atoms with Gasteiger partial charge in [-0.2, -0.15) is 0 Å². The second-order valence-corrected chi connectivity index (χ2v) is 11.0. The number of esters is 1. The van der Waals surface area contributed by atoms with Gasteiger partial charge in [0.1, 0.15) is 11.8 Å². The molecular formula is C27H26BrClN2O4S. The number of allylic oxidation sites excluding steroid dienone is 1. The number of ether oxygens (including phenoxy) is 2. The minimum absolute atomic E-state index is 0.209. The molecule has 4 rings (SSSR count). The number of thiazole rings is 1. The first-order valence-corrected chi connectivity index (χ1v) is 13.6. The molecule has 0 aliphatic carbocycles. The summed E-state index contributed by atoms with van der Waals surface area (Å²) < 4.78 is 14.0. The van der Waals surface area contributed by atoms with Crippen molar-refractivity contribution in [1.29, 1.82) is 0 Å². The number of benzene rings is 2. The summed E-state index contributed by atoms with van der Waals surface area (Å²) in [6.07, 6.45) is 1.81. The molecule has 0 radical (unpaired) electrons. The zero-order valence-electron chi connectivity index (χ0n) is 20.4.